The summed E-state index contributed by atoms with van der Waals surface area (Å²) in [6.07, 6.45) is 9.49. The van der Waals surface area contributed by atoms with Crippen molar-refractivity contribution in [2.75, 3.05) is 25.5 Å². The first-order valence-electron chi connectivity index (χ1n) is 8.82. The van der Waals surface area contributed by atoms with Gasteiger partial charge in [-0.1, -0.05) is 6.42 Å². The van der Waals surface area contributed by atoms with Crippen LogP contribution < -0.4 is 4.90 Å². The SMILES string of the molecule is CC(C)n1ccnc1CN1CCCCC1c1ccnc(N(C)C)n1. The largest absolute Gasteiger partial charge is 0.347 e. The molecule has 24 heavy (non-hydrogen) atoms. The van der Waals surface area contributed by atoms with E-state index in [1.54, 1.807) is 0 Å². The highest BCUT2D eigenvalue weighted by atomic mass is 15.2. The summed E-state index contributed by atoms with van der Waals surface area (Å²) in [4.78, 5) is 18.2. The quantitative estimate of drug-likeness (QED) is 0.844. The number of hydrogen-bond acceptors (Lipinski definition) is 5. The highest BCUT2D eigenvalue weighted by molar-refractivity contribution is 5.28. The van der Waals surface area contributed by atoms with E-state index in [1.807, 2.05) is 31.4 Å². The van der Waals surface area contributed by atoms with Gasteiger partial charge in [-0.25, -0.2) is 15.0 Å². The molecule has 3 heterocycles. The zero-order chi connectivity index (χ0) is 17.1. The van der Waals surface area contributed by atoms with Gasteiger partial charge >= 0.3 is 0 Å². The third-order valence-electron chi connectivity index (χ3n) is 4.67. The molecule has 0 saturated carbocycles. The number of hydrogen-bond donors (Lipinski definition) is 0. The second kappa shape index (κ2) is 7.30. The summed E-state index contributed by atoms with van der Waals surface area (Å²) in [5.74, 6) is 1.92. The highest BCUT2D eigenvalue weighted by Gasteiger charge is 2.27. The van der Waals surface area contributed by atoms with Crippen LogP contribution in [0.3, 0.4) is 0 Å². The van der Waals surface area contributed by atoms with Crippen LogP contribution in [0.5, 0.6) is 0 Å². The zero-order valence-electron chi connectivity index (χ0n) is 15.2. The van der Waals surface area contributed by atoms with Crippen LogP contribution in [-0.2, 0) is 6.54 Å². The number of rotatable bonds is 5. The molecule has 3 rings (SSSR count). The maximum Gasteiger partial charge on any atom is 0.225 e. The monoisotopic (exact) mass is 328 g/mol. The topological polar surface area (TPSA) is 50.1 Å². The van der Waals surface area contributed by atoms with Crippen molar-refractivity contribution in [2.45, 2.75) is 51.7 Å². The standard InChI is InChI=1S/C18H28N6/c1-14(2)24-12-10-19-17(24)13-23-11-6-5-7-16(23)15-8-9-20-18(21-15)22(3)4/h8-10,12,14,16H,5-7,11,13H2,1-4H3. The molecule has 0 aromatic carbocycles. The first kappa shape index (κ1) is 16.9. The molecule has 1 aliphatic heterocycles. The van der Waals surface area contributed by atoms with Crippen LogP contribution >= 0.6 is 0 Å². The lowest BCUT2D eigenvalue weighted by Gasteiger charge is -2.35. The lowest BCUT2D eigenvalue weighted by atomic mass is 9.99. The van der Waals surface area contributed by atoms with Crippen LogP contribution in [0.1, 0.15) is 56.7 Å². The molecule has 1 aliphatic rings. The van der Waals surface area contributed by atoms with E-state index in [9.17, 15) is 0 Å². The van der Waals surface area contributed by atoms with Gasteiger partial charge in [0.2, 0.25) is 5.95 Å². The summed E-state index contributed by atoms with van der Waals surface area (Å²) < 4.78 is 2.26. The third kappa shape index (κ3) is 3.59. The van der Waals surface area contributed by atoms with E-state index in [-0.39, 0.29) is 0 Å². The van der Waals surface area contributed by atoms with Crippen LogP contribution in [0.2, 0.25) is 0 Å². The second-order valence-corrected chi connectivity index (χ2v) is 7.00. The molecule has 1 unspecified atom stereocenters. The summed E-state index contributed by atoms with van der Waals surface area (Å²) in [6, 6.07) is 2.84. The molecule has 0 amide bonds. The van der Waals surface area contributed by atoms with Gasteiger partial charge in [0.15, 0.2) is 0 Å². The van der Waals surface area contributed by atoms with Crippen LogP contribution in [0, 0.1) is 0 Å². The molecule has 6 nitrogen and oxygen atoms in total. The van der Waals surface area contributed by atoms with Crippen LogP contribution in [0.25, 0.3) is 0 Å². The van der Waals surface area contributed by atoms with Gasteiger partial charge in [-0.3, -0.25) is 4.90 Å². The van der Waals surface area contributed by atoms with Gasteiger partial charge in [-0.2, -0.15) is 0 Å². The Balaban J connectivity index is 1.83. The lowest BCUT2D eigenvalue weighted by molar-refractivity contribution is 0.131. The van der Waals surface area contributed by atoms with E-state index in [2.05, 4.69) is 45.5 Å². The molecule has 0 spiro atoms. The Labute approximate surface area is 144 Å². The molecule has 0 radical (unpaired) electrons. The molecule has 130 valence electrons. The number of imidazole rings is 1. The van der Waals surface area contributed by atoms with Crippen molar-refractivity contribution >= 4 is 5.95 Å². The Morgan fingerprint density at radius 1 is 1.21 bits per heavy atom. The minimum absolute atomic E-state index is 0.345. The number of likely N-dealkylation sites (tertiary alicyclic amines) is 1. The van der Waals surface area contributed by atoms with Crippen molar-refractivity contribution < 1.29 is 0 Å². The first-order chi connectivity index (χ1) is 11.6. The van der Waals surface area contributed by atoms with Gasteiger partial charge in [-0.15, -0.1) is 0 Å². The molecule has 1 fully saturated rings. The molecule has 2 aromatic rings. The van der Waals surface area contributed by atoms with E-state index in [0.717, 1.165) is 37.0 Å². The summed E-state index contributed by atoms with van der Waals surface area (Å²) in [5, 5.41) is 0. The van der Waals surface area contributed by atoms with E-state index in [1.165, 1.54) is 12.8 Å². The number of piperidine rings is 1. The van der Waals surface area contributed by atoms with Gasteiger partial charge in [0.1, 0.15) is 5.82 Å². The Morgan fingerprint density at radius 2 is 2.04 bits per heavy atom. The molecular formula is C18H28N6. The molecule has 1 atom stereocenters. The van der Waals surface area contributed by atoms with Gasteiger partial charge in [0, 0.05) is 38.7 Å². The minimum Gasteiger partial charge on any atom is -0.347 e. The molecule has 1 saturated heterocycles. The minimum atomic E-state index is 0.345. The Kier molecular flexibility index (Phi) is 5.14. The number of anilines is 1. The second-order valence-electron chi connectivity index (χ2n) is 7.00. The zero-order valence-corrected chi connectivity index (χ0v) is 15.2. The Bertz CT molecular complexity index is 663. The fourth-order valence-corrected chi connectivity index (χ4v) is 3.40. The molecule has 6 heteroatoms. The van der Waals surface area contributed by atoms with E-state index in [4.69, 9.17) is 4.98 Å². The number of aromatic nitrogens is 4. The average molecular weight is 328 g/mol. The Morgan fingerprint density at radius 3 is 2.79 bits per heavy atom. The smallest absolute Gasteiger partial charge is 0.225 e. The van der Waals surface area contributed by atoms with Crippen molar-refractivity contribution in [3.63, 3.8) is 0 Å². The predicted molar refractivity (Wildman–Crippen MR) is 96.0 cm³/mol. The summed E-state index contributed by atoms with van der Waals surface area (Å²) in [7, 11) is 3.97. The third-order valence-corrected chi connectivity index (χ3v) is 4.67. The fourth-order valence-electron chi connectivity index (χ4n) is 3.40. The van der Waals surface area contributed by atoms with Crippen molar-refractivity contribution in [1.29, 1.82) is 0 Å². The van der Waals surface area contributed by atoms with Gasteiger partial charge in [0.25, 0.3) is 0 Å². The Hall–Kier alpha value is -1.95. The molecular weight excluding hydrogens is 300 g/mol. The lowest BCUT2D eigenvalue weighted by Crippen LogP contribution is -2.34. The number of nitrogens with zero attached hydrogens (tertiary/aromatic N) is 6. The summed E-state index contributed by atoms with van der Waals surface area (Å²) >= 11 is 0. The van der Waals surface area contributed by atoms with Crippen molar-refractivity contribution in [2.24, 2.45) is 0 Å². The molecule has 0 N–H and O–H groups in total. The fraction of sp³-hybridized carbons (Fsp3) is 0.611. The van der Waals surface area contributed by atoms with Gasteiger partial charge in [-0.05, 0) is 39.3 Å². The van der Waals surface area contributed by atoms with Crippen LogP contribution in [0.4, 0.5) is 5.95 Å². The molecule has 2 aromatic heterocycles. The summed E-state index contributed by atoms with van der Waals surface area (Å²) in [5.41, 5.74) is 1.12. The van der Waals surface area contributed by atoms with Gasteiger partial charge < -0.3 is 9.47 Å². The van der Waals surface area contributed by atoms with Crippen LogP contribution in [-0.4, -0.2) is 45.1 Å². The van der Waals surface area contributed by atoms with Crippen LogP contribution in [0.15, 0.2) is 24.7 Å². The van der Waals surface area contributed by atoms with E-state index >= 15 is 0 Å². The first-order valence-corrected chi connectivity index (χ1v) is 8.82. The van der Waals surface area contributed by atoms with Crippen molar-refractivity contribution in [1.82, 2.24) is 24.4 Å². The predicted octanol–water partition coefficient (Wildman–Crippen LogP) is 3.05. The molecule has 0 aliphatic carbocycles. The maximum absolute atomic E-state index is 4.78. The maximum atomic E-state index is 4.78. The average Bonchev–Trinajstić information content (AvgIpc) is 3.04. The highest BCUT2D eigenvalue weighted by Crippen LogP contribution is 2.31. The normalized spacial score (nSPS) is 19.0. The van der Waals surface area contributed by atoms with E-state index in [0.29, 0.717) is 12.1 Å². The molecule has 0 bridgehead atoms. The van der Waals surface area contributed by atoms with Gasteiger partial charge in [0.05, 0.1) is 18.3 Å². The van der Waals surface area contributed by atoms with Crippen molar-refractivity contribution in [3.8, 4) is 0 Å². The van der Waals surface area contributed by atoms with E-state index < -0.39 is 0 Å². The summed E-state index contributed by atoms with van der Waals surface area (Å²) in [6.45, 7) is 6.37. The van der Waals surface area contributed by atoms with Crippen molar-refractivity contribution in [3.05, 3.63) is 36.2 Å².